The van der Waals surface area contributed by atoms with Gasteiger partial charge in [0.05, 0.1) is 40.7 Å². The zero-order chi connectivity index (χ0) is 24.2. The Labute approximate surface area is 193 Å². The summed E-state index contributed by atoms with van der Waals surface area (Å²) < 4.78 is 30.5. The number of rotatable bonds is 10. The monoisotopic (exact) mass is 471 g/mol. The van der Waals surface area contributed by atoms with Crippen molar-refractivity contribution in [3.05, 3.63) is 35.8 Å². The molecule has 10 nitrogen and oxygen atoms in total. The van der Waals surface area contributed by atoms with Gasteiger partial charge in [0.15, 0.2) is 0 Å². The number of fused-ring (bicyclic) bond motifs is 1. The second kappa shape index (κ2) is 10.1. The summed E-state index contributed by atoms with van der Waals surface area (Å²) >= 11 is 0. The molecule has 0 fully saturated rings. The normalized spacial score (nSPS) is 11.8. The van der Waals surface area contributed by atoms with Gasteiger partial charge in [0.25, 0.3) is 0 Å². The summed E-state index contributed by atoms with van der Waals surface area (Å²) in [6, 6.07) is 8.77. The van der Waals surface area contributed by atoms with Gasteiger partial charge >= 0.3 is 0 Å². The lowest BCUT2D eigenvalue weighted by Crippen LogP contribution is -2.30. The van der Waals surface area contributed by atoms with E-state index in [-0.39, 0.29) is 17.2 Å². The van der Waals surface area contributed by atoms with E-state index in [9.17, 15) is 13.2 Å². The molecule has 0 saturated carbocycles. The van der Waals surface area contributed by atoms with Crippen molar-refractivity contribution in [3.63, 3.8) is 0 Å². The summed E-state index contributed by atoms with van der Waals surface area (Å²) in [6.45, 7) is 6.64. The smallest absolute Gasteiger partial charge is 0.243 e. The second-order valence-electron chi connectivity index (χ2n) is 7.68. The quantitative estimate of drug-likeness (QED) is 0.484. The molecular formula is C22H29N7O3S. The fraction of sp³-hybridized carbons (Fsp3) is 0.455. The molecule has 1 aromatic carbocycles. The van der Waals surface area contributed by atoms with Gasteiger partial charge < -0.3 is 9.88 Å². The van der Waals surface area contributed by atoms with E-state index in [1.807, 2.05) is 18.5 Å². The summed E-state index contributed by atoms with van der Waals surface area (Å²) in [5, 5.41) is 15.9. The fourth-order valence-corrected chi connectivity index (χ4v) is 5.21. The van der Waals surface area contributed by atoms with E-state index in [0.717, 1.165) is 11.2 Å². The number of nitriles is 1. The van der Waals surface area contributed by atoms with Crippen molar-refractivity contribution in [2.75, 3.05) is 18.4 Å². The molecule has 33 heavy (non-hydrogen) atoms. The van der Waals surface area contributed by atoms with Crippen molar-refractivity contribution in [1.82, 2.24) is 23.6 Å². The maximum Gasteiger partial charge on any atom is 0.243 e. The SMILES string of the molecule is CCN(CC)S(=O)(=O)c1ccc2c(c1)nc(CCC(=O)Nc1cc(C)nn1CCC#N)n2C. The molecule has 11 heteroatoms. The molecule has 1 N–H and O–H groups in total. The van der Waals surface area contributed by atoms with Crippen LogP contribution in [0.25, 0.3) is 11.0 Å². The van der Waals surface area contributed by atoms with Crippen LogP contribution < -0.4 is 5.32 Å². The first-order valence-electron chi connectivity index (χ1n) is 10.9. The highest BCUT2D eigenvalue weighted by Gasteiger charge is 2.23. The molecule has 0 aliphatic rings. The number of anilines is 1. The number of benzene rings is 1. The molecule has 0 unspecified atom stereocenters. The van der Waals surface area contributed by atoms with Gasteiger partial charge in [0.1, 0.15) is 11.6 Å². The number of imidazole rings is 1. The highest BCUT2D eigenvalue weighted by Crippen LogP contribution is 2.23. The molecular weight excluding hydrogens is 442 g/mol. The first-order valence-corrected chi connectivity index (χ1v) is 12.3. The topological polar surface area (TPSA) is 126 Å². The van der Waals surface area contributed by atoms with Crippen LogP contribution in [0.15, 0.2) is 29.2 Å². The van der Waals surface area contributed by atoms with Crippen LogP contribution >= 0.6 is 0 Å². The molecule has 0 radical (unpaired) electrons. The van der Waals surface area contributed by atoms with Gasteiger partial charge in [-0.3, -0.25) is 4.79 Å². The Morgan fingerprint density at radius 2 is 1.97 bits per heavy atom. The molecule has 0 saturated heterocycles. The van der Waals surface area contributed by atoms with Crippen LogP contribution in [0.5, 0.6) is 0 Å². The minimum absolute atomic E-state index is 0.190. The molecule has 1 amide bonds. The first-order chi connectivity index (χ1) is 15.7. The van der Waals surface area contributed by atoms with E-state index in [4.69, 9.17) is 5.26 Å². The lowest BCUT2D eigenvalue weighted by Gasteiger charge is -2.18. The summed E-state index contributed by atoms with van der Waals surface area (Å²) in [5.74, 6) is 1.06. The molecule has 2 heterocycles. The number of aromatic nitrogens is 4. The molecule has 0 aliphatic heterocycles. The number of carbonyl (C=O) groups is 1. The van der Waals surface area contributed by atoms with E-state index in [2.05, 4.69) is 21.5 Å². The average Bonchev–Trinajstić information content (AvgIpc) is 3.29. The lowest BCUT2D eigenvalue weighted by molar-refractivity contribution is -0.116. The van der Waals surface area contributed by atoms with Crippen LogP contribution in [0.2, 0.25) is 0 Å². The zero-order valence-corrected chi connectivity index (χ0v) is 20.2. The van der Waals surface area contributed by atoms with Crippen LogP contribution in [0.1, 0.15) is 38.2 Å². The third-order valence-corrected chi connectivity index (χ3v) is 7.51. The van der Waals surface area contributed by atoms with Gasteiger partial charge in [-0.25, -0.2) is 18.1 Å². The summed E-state index contributed by atoms with van der Waals surface area (Å²) in [4.78, 5) is 17.3. The molecule has 176 valence electrons. The maximum absolute atomic E-state index is 12.8. The Kier molecular flexibility index (Phi) is 7.50. The Bertz CT molecular complexity index is 1300. The number of hydrogen-bond donors (Lipinski definition) is 1. The van der Waals surface area contributed by atoms with Crippen LogP contribution in [0.3, 0.4) is 0 Å². The Balaban J connectivity index is 1.74. The third kappa shape index (κ3) is 5.23. The third-order valence-electron chi connectivity index (χ3n) is 5.47. The van der Waals surface area contributed by atoms with Crippen molar-refractivity contribution in [2.45, 2.75) is 51.5 Å². The highest BCUT2D eigenvalue weighted by atomic mass is 32.2. The van der Waals surface area contributed by atoms with E-state index < -0.39 is 10.0 Å². The fourth-order valence-electron chi connectivity index (χ4n) is 3.73. The summed E-state index contributed by atoms with van der Waals surface area (Å²) in [5.41, 5.74) is 2.13. The number of nitrogens with one attached hydrogen (secondary N) is 1. The molecule has 3 rings (SSSR count). The van der Waals surface area contributed by atoms with Crippen molar-refractivity contribution >= 4 is 32.8 Å². The molecule has 0 atom stereocenters. The van der Waals surface area contributed by atoms with E-state index in [1.54, 1.807) is 42.8 Å². The minimum atomic E-state index is -3.57. The van der Waals surface area contributed by atoms with E-state index in [1.165, 1.54) is 4.31 Å². The minimum Gasteiger partial charge on any atom is -0.331 e. The van der Waals surface area contributed by atoms with Crippen LogP contribution in [0, 0.1) is 18.3 Å². The summed E-state index contributed by atoms with van der Waals surface area (Å²) in [7, 11) is -1.73. The van der Waals surface area contributed by atoms with E-state index in [0.29, 0.717) is 49.6 Å². The molecule has 0 aliphatic carbocycles. The number of nitrogens with zero attached hydrogens (tertiary/aromatic N) is 6. The number of hydrogen-bond acceptors (Lipinski definition) is 6. The second-order valence-corrected chi connectivity index (χ2v) is 9.62. The number of aryl methyl sites for hydroxylation is 4. The first kappa shape index (κ1) is 24.4. The van der Waals surface area contributed by atoms with Crippen LogP contribution in [-0.4, -0.2) is 51.1 Å². The van der Waals surface area contributed by atoms with Gasteiger partial charge in [0, 0.05) is 39.0 Å². The van der Waals surface area contributed by atoms with Crippen molar-refractivity contribution in [1.29, 1.82) is 5.26 Å². The Hall–Kier alpha value is -3.23. The van der Waals surface area contributed by atoms with Crippen LogP contribution in [0.4, 0.5) is 5.82 Å². The van der Waals surface area contributed by atoms with Gasteiger partial charge in [-0.05, 0) is 25.1 Å². The largest absolute Gasteiger partial charge is 0.331 e. The van der Waals surface area contributed by atoms with Crippen molar-refractivity contribution in [2.24, 2.45) is 7.05 Å². The molecule has 3 aromatic rings. The number of amides is 1. The van der Waals surface area contributed by atoms with Gasteiger partial charge in [-0.15, -0.1) is 0 Å². The lowest BCUT2D eigenvalue weighted by atomic mass is 10.3. The maximum atomic E-state index is 12.8. The van der Waals surface area contributed by atoms with Gasteiger partial charge in [0.2, 0.25) is 15.9 Å². The Morgan fingerprint density at radius 3 is 2.64 bits per heavy atom. The number of carbonyl (C=O) groups excluding carboxylic acids is 1. The van der Waals surface area contributed by atoms with Crippen molar-refractivity contribution in [3.8, 4) is 6.07 Å². The van der Waals surface area contributed by atoms with E-state index >= 15 is 0 Å². The standard InChI is InChI=1S/C22H29N7O3S/c1-5-28(6-2)33(31,32)17-8-9-19-18(15-17)24-20(27(19)4)10-11-22(30)25-21-14-16(3)26-29(21)13-7-12-23/h8-9,14-15H,5-7,10-11,13H2,1-4H3,(H,25,30). The predicted molar refractivity (Wildman–Crippen MR) is 125 cm³/mol. The van der Waals surface area contributed by atoms with Crippen molar-refractivity contribution < 1.29 is 13.2 Å². The van der Waals surface area contributed by atoms with Gasteiger partial charge in [-0.2, -0.15) is 14.7 Å². The van der Waals surface area contributed by atoms with Gasteiger partial charge in [-0.1, -0.05) is 13.8 Å². The molecule has 0 spiro atoms. The Morgan fingerprint density at radius 1 is 1.24 bits per heavy atom. The summed E-state index contributed by atoms with van der Waals surface area (Å²) in [6.07, 6.45) is 0.889. The zero-order valence-electron chi connectivity index (χ0n) is 19.4. The molecule has 2 aromatic heterocycles. The number of sulfonamides is 1. The predicted octanol–water partition coefficient (Wildman–Crippen LogP) is 2.59. The molecule has 0 bridgehead atoms. The van der Waals surface area contributed by atoms with Crippen LogP contribution in [-0.2, 0) is 34.8 Å². The average molecular weight is 472 g/mol. The highest BCUT2D eigenvalue weighted by molar-refractivity contribution is 7.89.